The molecule has 2 aliphatic rings. The fourth-order valence-corrected chi connectivity index (χ4v) is 3.15. The zero-order valence-corrected chi connectivity index (χ0v) is 10.2. The monoisotopic (exact) mass is 244 g/mol. The minimum absolute atomic E-state index is 0.0552. The van der Waals surface area contributed by atoms with Crippen molar-refractivity contribution in [2.75, 3.05) is 0 Å². The number of piperidine rings is 2. The van der Waals surface area contributed by atoms with Crippen molar-refractivity contribution in [3.63, 3.8) is 0 Å². The van der Waals surface area contributed by atoms with Gasteiger partial charge < -0.3 is 4.90 Å². The molecule has 2 saturated heterocycles. The highest BCUT2D eigenvalue weighted by atomic mass is 16.2. The van der Waals surface area contributed by atoms with Gasteiger partial charge in [0.1, 0.15) is 5.78 Å². The lowest BCUT2D eigenvalue weighted by atomic mass is 9.83. The maximum Gasteiger partial charge on any atom is 0.254 e. The number of carbonyl (C=O) groups excluding carboxylic acids is 2. The molecule has 2 fully saturated rings. The Balaban J connectivity index is 1.87. The van der Waals surface area contributed by atoms with E-state index in [1.165, 1.54) is 0 Å². The lowest BCUT2D eigenvalue weighted by molar-refractivity contribution is -0.125. The summed E-state index contributed by atoms with van der Waals surface area (Å²) < 4.78 is 0. The molecular weight excluding hydrogens is 228 g/mol. The Kier molecular flexibility index (Phi) is 2.86. The van der Waals surface area contributed by atoms with Crippen LogP contribution in [0.1, 0.15) is 42.5 Å². The van der Waals surface area contributed by atoms with E-state index < -0.39 is 0 Å². The standard InChI is InChI=1S/C14H16N2O2/c17-13-8-11-2-1-3-12(9-13)16(11)14(18)10-4-6-15-7-5-10/h4-7,11-12H,1-3,8-9H2. The van der Waals surface area contributed by atoms with Crippen LogP contribution in [0.5, 0.6) is 0 Å². The highest BCUT2D eigenvalue weighted by Crippen LogP contribution is 2.33. The van der Waals surface area contributed by atoms with Crippen molar-refractivity contribution < 1.29 is 9.59 Å². The van der Waals surface area contributed by atoms with Gasteiger partial charge in [0, 0.05) is 42.9 Å². The lowest BCUT2D eigenvalue weighted by Crippen LogP contribution is -2.54. The number of rotatable bonds is 1. The van der Waals surface area contributed by atoms with Crippen molar-refractivity contribution in [2.45, 2.75) is 44.2 Å². The zero-order chi connectivity index (χ0) is 12.5. The van der Waals surface area contributed by atoms with Crippen LogP contribution in [-0.4, -0.2) is 33.7 Å². The number of amides is 1. The number of Topliss-reactive ketones (excluding diaryl/α,β-unsaturated/α-hetero) is 1. The van der Waals surface area contributed by atoms with Crippen LogP contribution < -0.4 is 0 Å². The molecule has 0 spiro atoms. The van der Waals surface area contributed by atoms with Crippen LogP contribution in [0.3, 0.4) is 0 Å². The minimum atomic E-state index is 0.0552. The predicted octanol–water partition coefficient (Wildman–Crippen LogP) is 1.81. The molecule has 1 aromatic rings. The Morgan fingerprint density at radius 3 is 2.39 bits per heavy atom. The lowest BCUT2D eigenvalue weighted by Gasteiger charge is -2.45. The summed E-state index contributed by atoms with van der Waals surface area (Å²) in [5, 5.41) is 0. The van der Waals surface area contributed by atoms with E-state index in [0.29, 0.717) is 24.2 Å². The molecule has 0 N–H and O–H groups in total. The van der Waals surface area contributed by atoms with Crippen molar-refractivity contribution >= 4 is 11.7 Å². The number of ketones is 1. The Hall–Kier alpha value is -1.71. The molecule has 0 aliphatic carbocycles. The second kappa shape index (κ2) is 4.52. The summed E-state index contributed by atoms with van der Waals surface area (Å²) in [7, 11) is 0. The van der Waals surface area contributed by atoms with Crippen LogP contribution in [0.15, 0.2) is 24.5 Å². The third-order valence-corrected chi connectivity index (χ3v) is 3.95. The Labute approximate surface area is 106 Å². The molecule has 0 aromatic carbocycles. The van der Waals surface area contributed by atoms with Crippen LogP contribution >= 0.6 is 0 Å². The van der Waals surface area contributed by atoms with E-state index in [0.717, 1.165) is 19.3 Å². The number of fused-ring (bicyclic) bond motifs is 2. The smallest absolute Gasteiger partial charge is 0.254 e. The van der Waals surface area contributed by atoms with E-state index in [2.05, 4.69) is 4.98 Å². The van der Waals surface area contributed by atoms with Gasteiger partial charge in [-0.2, -0.15) is 0 Å². The fourth-order valence-electron chi connectivity index (χ4n) is 3.15. The summed E-state index contributed by atoms with van der Waals surface area (Å²) in [5.41, 5.74) is 0.677. The SMILES string of the molecule is O=C1CC2CCCC(C1)N2C(=O)c1ccncc1. The summed E-state index contributed by atoms with van der Waals surface area (Å²) in [4.78, 5) is 30.0. The molecule has 3 heterocycles. The zero-order valence-electron chi connectivity index (χ0n) is 10.2. The normalized spacial score (nSPS) is 27.1. The van der Waals surface area contributed by atoms with E-state index in [1.807, 2.05) is 4.90 Å². The van der Waals surface area contributed by atoms with E-state index >= 15 is 0 Å². The van der Waals surface area contributed by atoms with Gasteiger partial charge in [-0.15, -0.1) is 0 Å². The minimum Gasteiger partial charge on any atom is -0.332 e. The average Bonchev–Trinajstić information content (AvgIpc) is 2.38. The molecule has 18 heavy (non-hydrogen) atoms. The first-order valence-electron chi connectivity index (χ1n) is 6.50. The summed E-state index contributed by atoms with van der Waals surface area (Å²) in [6.07, 6.45) is 7.39. The van der Waals surface area contributed by atoms with E-state index in [-0.39, 0.29) is 18.0 Å². The number of pyridine rings is 1. The van der Waals surface area contributed by atoms with E-state index in [4.69, 9.17) is 0 Å². The van der Waals surface area contributed by atoms with Crippen LogP contribution in [0.4, 0.5) is 0 Å². The van der Waals surface area contributed by atoms with Crippen molar-refractivity contribution in [3.8, 4) is 0 Å². The number of hydrogen-bond donors (Lipinski definition) is 0. The van der Waals surface area contributed by atoms with Gasteiger partial charge in [0.25, 0.3) is 5.91 Å². The second-order valence-corrected chi connectivity index (χ2v) is 5.13. The third kappa shape index (κ3) is 1.92. The van der Waals surface area contributed by atoms with Crippen LogP contribution in [-0.2, 0) is 4.79 Å². The molecule has 2 atom stereocenters. The Morgan fingerprint density at radius 1 is 1.17 bits per heavy atom. The number of hydrogen-bond acceptors (Lipinski definition) is 3. The molecular formula is C14H16N2O2. The van der Waals surface area contributed by atoms with Gasteiger partial charge in [-0.05, 0) is 31.4 Å². The van der Waals surface area contributed by atoms with Crippen molar-refractivity contribution in [1.82, 2.24) is 9.88 Å². The summed E-state index contributed by atoms with van der Waals surface area (Å²) in [6, 6.07) is 3.72. The van der Waals surface area contributed by atoms with Crippen molar-refractivity contribution in [1.29, 1.82) is 0 Å². The van der Waals surface area contributed by atoms with Gasteiger partial charge in [0.2, 0.25) is 0 Å². The third-order valence-electron chi connectivity index (χ3n) is 3.95. The molecule has 2 unspecified atom stereocenters. The molecule has 4 nitrogen and oxygen atoms in total. The van der Waals surface area contributed by atoms with Crippen LogP contribution in [0.2, 0.25) is 0 Å². The predicted molar refractivity (Wildman–Crippen MR) is 66.1 cm³/mol. The van der Waals surface area contributed by atoms with Crippen molar-refractivity contribution in [3.05, 3.63) is 30.1 Å². The number of nitrogens with zero attached hydrogens (tertiary/aromatic N) is 2. The Morgan fingerprint density at radius 2 is 1.78 bits per heavy atom. The van der Waals surface area contributed by atoms with Gasteiger partial charge in [0.15, 0.2) is 0 Å². The molecule has 1 aromatic heterocycles. The Bertz CT molecular complexity index is 456. The first kappa shape index (κ1) is 11.4. The summed E-state index contributed by atoms with van der Waals surface area (Å²) in [5.74, 6) is 0.364. The van der Waals surface area contributed by atoms with Gasteiger partial charge in [-0.25, -0.2) is 0 Å². The first-order valence-corrected chi connectivity index (χ1v) is 6.50. The topological polar surface area (TPSA) is 50.3 Å². The summed E-state index contributed by atoms with van der Waals surface area (Å²) in [6.45, 7) is 0. The van der Waals surface area contributed by atoms with E-state index in [9.17, 15) is 9.59 Å². The highest BCUT2D eigenvalue weighted by molar-refractivity contribution is 5.96. The molecule has 1 amide bonds. The quantitative estimate of drug-likeness (QED) is 0.757. The van der Waals surface area contributed by atoms with Crippen LogP contribution in [0, 0.1) is 0 Å². The summed E-state index contributed by atoms with van der Waals surface area (Å²) >= 11 is 0. The molecule has 2 bridgehead atoms. The fraction of sp³-hybridized carbons (Fsp3) is 0.500. The largest absolute Gasteiger partial charge is 0.332 e. The number of aromatic nitrogens is 1. The van der Waals surface area contributed by atoms with E-state index in [1.54, 1.807) is 24.5 Å². The van der Waals surface area contributed by atoms with Gasteiger partial charge in [0.05, 0.1) is 0 Å². The van der Waals surface area contributed by atoms with Crippen LogP contribution in [0.25, 0.3) is 0 Å². The van der Waals surface area contributed by atoms with Gasteiger partial charge >= 0.3 is 0 Å². The number of carbonyl (C=O) groups is 2. The first-order chi connectivity index (χ1) is 8.75. The molecule has 3 rings (SSSR count). The molecule has 0 radical (unpaired) electrons. The van der Waals surface area contributed by atoms with Crippen molar-refractivity contribution in [2.24, 2.45) is 0 Å². The molecule has 2 aliphatic heterocycles. The van der Waals surface area contributed by atoms with Gasteiger partial charge in [-0.3, -0.25) is 14.6 Å². The highest BCUT2D eigenvalue weighted by Gasteiger charge is 2.40. The maximum absolute atomic E-state index is 12.5. The average molecular weight is 244 g/mol. The molecule has 94 valence electrons. The van der Waals surface area contributed by atoms with Gasteiger partial charge in [-0.1, -0.05) is 0 Å². The maximum atomic E-state index is 12.5. The second-order valence-electron chi connectivity index (χ2n) is 5.13. The molecule has 4 heteroatoms. The molecule has 0 saturated carbocycles.